The van der Waals surface area contributed by atoms with E-state index in [0.717, 1.165) is 0 Å². The van der Waals surface area contributed by atoms with E-state index in [1.54, 1.807) is 25.1 Å². The van der Waals surface area contributed by atoms with Crippen LogP contribution in [-0.2, 0) is 9.59 Å². The summed E-state index contributed by atoms with van der Waals surface area (Å²) in [6.45, 7) is 2.11. The second-order valence-corrected chi connectivity index (χ2v) is 4.59. The maximum Gasteiger partial charge on any atom is 0.252 e. The lowest BCUT2D eigenvalue weighted by Crippen LogP contribution is -2.34. The van der Waals surface area contributed by atoms with Gasteiger partial charge in [0.15, 0.2) is 0 Å². The summed E-state index contributed by atoms with van der Waals surface area (Å²) in [5.41, 5.74) is 0.931. The molecule has 1 heterocycles. The number of imide groups is 1. The molecule has 1 aromatic rings. The van der Waals surface area contributed by atoms with Crippen LogP contribution >= 0.6 is 11.6 Å². The minimum atomic E-state index is -0.612. The number of benzene rings is 1. The molecule has 0 spiro atoms. The fraction of sp³-hybridized carbons (Fsp3) is 0.308. The fourth-order valence-electron chi connectivity index (χ4n) is 2.02. The number of carbonyl (C=O) groups excluding carboxylic acids is 2. The highest BCUT2D eigenvalue weighted by Crippen LogP contribution is 2.26. The first-order chi connectivity index (χ1) is 9.06. The average Bonchev–Trinajstić information content (AvgIpc) is 2.66. The van der Waals surface area contributed by atoms with Gasteiger partial charge in [-0.05, 0) is 25.1 Å². The minimum Gasteiger partial charge on any atom is -0.372 e. The van der Waals surface area contributed by atoms with Gasteiger partial charge in [-0.3, -0.25) is 14.5 Å². The molecule has 0 aromatic heterocycles. The van der Waals surface area contributed by atoms with Crippen molar-refractivity contribution in [3.05, 3.63) is 28.8 Å². The molecule has 6 heteroatoms. The Balaban J connectivity index is 2.21. The Kier molecular flexibility index (Phi) is 3.72. The zero-order valence-corrected chi connectivity index (χ0v) is 11.1. The van der Waals surface area contributed by atoms with Gasteiger partial charge in [0.05, 0.1) is 28.8 Å². The molecule has 1 atom stereocenters. The molecule has 1 N–H and O–H groups in total. The van der Waals surface area contributed by atoms with E-state index in [9.17, 15) is 9.59 Å². The first kappa shape index (κ1) is 13.4. The number of anilines is 1. The molecule has 1 fully saturated rings. The smallest absolute Gasteiger partial charge is 0.252 e. The molecule has 1 saturated heterocycles. The summed E-state index contributed by atoms with van der Waals surface area (Å²) >= 11 is 6.00. The molecule has 0 radical (unpaired) electrons. The summed E-state index contributed by atoms with van der Waals surface area (Å²) in [4.78, 5) is 24.8. The molecule has 5 nitrogen and oxygen atoms in total. The van der Waals surface area contributed by atoms with Crippen molar-refractivity contribution in [1.82, 2.24) is 4.90 Å². The molecule has 19 heavy (non-hydrogen) atoms. The Bertz CT molecular complexity index is 580. The number of hydrogen-bond acceptors (Lipinski definition) is 4. The Labute approximate surface area is 115 Å². The van der Waals surface area contributed by atoms with Crippen LogP contribution in [0.15, 0.2) is 18.2 Å². The number of rotatable bonds is 3. The Morgan fingerprint density at radius 2 is 2.26 bits per heavy atom. The van der Waals surface area contributed by atoms with Crippen LogP contribution in [0.1, 0.15) is 18.9 Å². The molecule has 0 saturated carbocycles. The van der Waals surface area contributed by atoms with Crippen LogP contribution in [-0.4, -0.2) is 29.3 Å². The highest BCUT2D eigenvalue weighted by molar-refractivity contribution is 6.33. The molecule has 1 aliphatic heterocycles. The number of halogens is 1. The van der Waals surface area contributed by atoms with Gasteiger partial charge in [0, 0.05) is 6.54 Å². The van der Waals surface area contributed by atoms with Crippen molar-refractivity contribution in [1.29, 1.82) is 5.26 Å². The molecule has 2 rings (SSSR count). The van der Waals surface area contributed by atoms with Crippen molar-refractivity contribution in [2.75, 3.05) is 11.9 Å². The number of nitriles is 1. The second-order valence-electron chi connectivity index (χ2n) is 4.18. The van der Waals surface area contributed by atoms with E-state index in [4.69, 9.17) is 16.9 Å². The lowest BCUT2D eigenvalue weighted by molar-refractivity contribution is -0.138. The maximum atomic E-state index is 12.0. The van der Waals surface area contributed by atoms with Gasteiger partial charge in [0.1, 0.15) is 6.04 Å². The molecule has 0 aliphatic carbocycles. The Hall–Kier alpha value is -2.06. The quantitative estimate of drug-likeness (QED) is 0.855. The number of amides is 2. The summed E-state index contributed by atoms with van der Waals surface area (Å²) in [6.07, 6.45) is 0.111. The fourth-order valence-corrected chi connectivity index (χ4v) is 2.19. The van der Waals surface area contributed by atoms with Crippen LogP contribution in [0.4, 0.5) is 5.69 Å². The van der Waals surface area contributed by atoms with Crippen LogP contribution in [0.2, 0.25) is 5.02 Å². The molecule has 0 bridgehead atoms. The zero-order valence-electron chi connectivity index (χ0n) is 10.3. The van der Waals surface area contributed by atoms with Crippen molar-refractivity contribution in [3.63, 3.8) is 0 Å². The summed E-state index contributed by atoms with van der Waals surface area (Å²) in [6, 6.07) is 6.13. The van der Waals surface area contributed by atoms with E-state index in [1.165, 1.54) is 4.90 Å². The largest absolute Gasteiger partial charge is 0.372 e. The van der Waals surface area contributed by atoms with E-state index < -0.39 is 6.04 Å². The Morgan fingerprint density at radius 1 is 1.53 bits per heavy atom. The SMILES string of the molecule is CCN1C(=O)CC(Nc2cc(C#N)ccc2Cl)C1=O. The third kappa shape index (κ3) is 2.54. The number of nitrogens with zero attached hydrogens (tertiary/aromatic N) is 2. The molecule has 1 unspecified atom stereocenters. The van der Waals surface area contributed by atoms with Crippen LogP contribution in [0.25, 0.3) is 0 Å². The van der Waals surface area contributed by atoms with Crippen molar-refractivity contribution in [2.24, 2.45) is 0 Å². The van der Waals surface area contributed by atoms with Gasteiger partial charge in [-0.15, -0.1) is 0 Å². The van der Waals surface area contributed by atoms with E-state index in [1.807, 2.05) is 6.07 Å². The van der Waals surface area contributed by atoms with E-state index in [-0.39, 0.29) is 18.2 Å². The topological polar surface area (TPSA) is 73.2 Å². The third-order valence-corrected chi connectivity index (χ3v) is 3.31. The normalized spacial score (nSPS) is 18.6. The van der Waals surface area contributed by atoms with Gasteiger partial charge in [-0.2, -0.15) is 5.26 Å². The van der Waals surface area contributed by atoms with E-state index in [0.29, 0.717) is 22.8 Å². The maximum absolute atomic E-state index is 12.0. The van der Waals surface area contributed by atoms with Crippen LogP contribution in [0, 0.1) is 11.3 Å². The van der Waals surface area contributed by atoms with Crippen LogP contribution < -0.4 is 5.32 Å². The molecule has 1 aliphatic rings. The van der Waals surface area contributed by atoms with Gasteiger partial charge >= 0.3 is 0 Å². The standard InChI is InChI=1S/C13H12ClN3O2/c1-2-17-12(18)6-11(13(17)19)16-10-5-8(7-15)3-4-9(10)14/h3-5,11,16H,2,6H2,1H3. The van der Waals surface area contributed by atoms with E-state index >= 15 is 0 Å². The summed E-state index contributed by atoms with van der Waals surface area (Å²) in [5.74, 6) is -0.455. The predicted octanol–water partition coefficient (Wildman–Crippen LogP) is 1.77. The van der Waals surface area contributed by atoms with E-state index in [2.05, 4.69) is 5.32 Å². The third-order valence-electron chi connectivity index (χ3n) is 2.99. The number of carbonyl (C=O) groups is 2. The van der Waals surface area contributed by atoms with Crippen LogP contribution in [0.5, 0.6) is 0 Å². The van der Waals surface area contributed by atoms with Gasteiger partial charge in [-0.25, -0.2) is 0 Å². The lowest BCUT2D eigenvalue weighted by atomic mass is 10.2. The first-order valence-electron chi connectivity index (χ1n) is 5.87. The first-order valence-corrected chi connectivity index (χ1v) is 6.25. The second kappa shape index (κ2) is 5.29. The lowest BCUT2D eigenvalue weighted by Gasteiger charge is -2.15. The Morgan fingerprint density at radius 3 is 2.84 bits per heavy atom. The van der Waals surface area contributed by atoms with Crippen molar-refractivity contribution in [2.45, 2.75) is 19.4 Å². The number of nitrogens with one attached hydrogen (secondary N) is 1. The highest BCUT2D eigenvalue weighted by Gasteiger charge is 2.37. The molecule has 2 amide bonds. The van der Waals surface area contributed by atoms with Crippen molar-refractivity contribution in [3.8, 4) is 6.07 Å². The van der Waals surface area contributed by atoms with Crippen molar-refractivity contribution >= 4 is 29.1 Å². The van der Waals surface area contributed by atoms with Gasteiger partial charge in [-0.1, -0.05) is 11.6 Å². The monoisotopic (exact) mass is 277 g/mol. The molecular weight excluding hydrogens is 266 g/mol. The minimum absolute atomic E-state index is 0.111. The van der Waals surface area contributed by atoms with Gasteiger partial charge in [0.25, 0.3) is 5.91 Å². The summed E-state index contributed by atoms with van der Waals surface area (Å²) in [5, 5.41) is 12.2. The zero-order chi connectivity index (χ0) is 14.0. The summed E-state index contributed by atoms with van der Waals surface area (Å²) < 4.78 is 0. The molecular formula is C13H12ClN3O2. The highest BCUT2D eigenvalue weighted by atomic mass is 35.5. The molecule has 1 aromatic carbocycles. The summed E-state index contributed by atoms with van der Waals surface area (Å²) in [7, 11) is 0. The average molecular weight is 278 g/mol. The predicted molar refractivity (Wildman–Crippen MR) is 70.6 cm³/mol. The molecule has 98 valence electrons. The number of hydrogen-bond donors (Lipinski definition) is 1. The van der Waals surface area contributed by atoms with Gasteiger partial charge in [0.2, 0.25) is 5.91 Å². The van der Waals surface area contributed by atoms with Gasteiger partial charge < -0.3 is 5.32 Å². The van der Waals surface area contributed by atoms with Crippen LogP contribution in [0.3, 0.4) is 0 Å². The number of likely N-dealkylation sites (N-methyl/N-ethyl adjacent to an activating group) is 1. The number of likely N-dealkylation sites (tertiary alicyclic amines) is 1. The van der Waals surface area contributed by atoms with Crippen molar-refractivity contribution < 1.29 is 9.59 Å².